The summed E-state index contributed by atoms with van der Waals surface area (Å²) < 4.78 is 11.8. The number of hydrogen-bond acceptors (Lipinski definition) is 5. The summed E-state index contributed by atoms with van der Waals surface area (Å²) in [4.78, 5) is 28.5. The maximum atomic E-state index is 12.8. The number of amides is 1. The summed E-state index contributed by atoms with van der Waals surface area (Å²) >= 11 is 0. The van der Waals surface area contributed by atoms with Gasteiger partial charge in [0, 0.05) is 43.2 Å². The lowest BCUT2D eigenvalue weighted by Gasteiger charge is -2.39. The number of benzene rings is 2. The molecule has 1 saturated heterocycles. The predicted molar refractivity (Wildman–Crippen MR) is 123 cm³/mol. The molecule has 0 radical (unpaired) electrons. The number of rotatable bonds is 6. The zero-order chi connectivity index (χ0) is 22.7. The van der Waals surface area contributed by atoms with Crippen molar-refractivity contribution in [3.8, 4) is 5.75 Å². The molecule has 2 aliphatic heterocycles. The average Bonchev–Trinajstić information content (AvgIpc) is 2.80. The van der Waals surface area contributed by atoms with Gasteiger partial charge in [-0.1, -0.05) is 6.92 Å². The highest BCUT2D eigenvalue weighted by Crippen LogP contribution is 2.41. The fourth-order valence-corrected chi connectivity index (χ4v) is 4.49. The maximum Gasteiger partial charge on any atom is 0.335 e. The van der Waals surface area contributed by atoms with Crippen LogP contribution in [0.3, 0.4) is 0 Å². The second-order valence-electron chi connectivity index (χ2n) is 8.38. The van der Waals surface area contributed by atoms with E-state index in [1.54, 1.807) is 23.1 Å². The van der Waals surface area contributed by atoms with Crippen LogP contribution in [0, 0.1) is 0 Å². The minimum Gasteiger partial charge on any atom is -0.486 e. The van der Waals surface area contributed by atoms with Crippen molar-refractivity contribution in [3.63, 3.8) is 0 Å². The Labute approximate surface area is 188 Å². The Balaban J connectivity index is 1.60. The van der Waals surface area contributed by atoms with Crippen LogP contribution in [0.2, 0.25) is 0 Å². The number of carbonyl (C=O) groups excluding carboxylic acids is 1. The van der Waals surface area contributed by atoms with Gasteiger partial charge in [0.1, 0.15) is 11.9 Å². The summed E-state index contributed by atoms with van der Waals surface area (Å²) in [6, 6.07) is 12.9. The van der Waals surface area contributed by atoms with E-state index in [0.29, 0.717) is 12.8 Å². The Morgan fingerprint density at radius 1 is 1.12 bits per heavy atom. The Kier molecular flexibility index (Phi) is 6.65. The molecule has 32 heavy (non-hydrogen) atoms. The topological polar surface area (TPSA) is 79.3 Å². The quantitative estimate of drug-likeness (QED) is 0.726. The van der Waals surface area contributed by atoms with Gasteiger partial charge in [-0.3, -0.25) is 4.79 Å². The van der Waals surface area contributed by atoms with Crippen molar-refractivity contribution >= 4 is 23.3 Å². The highest BCUT2D eigenvalue weighted by atomic mass is 16.5. The number of carboxylic acids is 1. The third-order valence-electron chi connectivity index (χ3n) is 6.10. The van der Waals surface area contributed by atoms with E-state index in [1.807, 2.05) is 38.1 Å². The molecule has 0 spiro atoms. The number of nitrogens with zero attached hydrogens (tertiary/aromatic N) is 2. The number of hydrogen-bond donors (Lipinski definition) is 1. The Hall–Kier alpha value is -3.06. The number of ether oxygens (including phenoxy) is 2. The van der Waals surface area contributed by atoms with Gasteiger partial charge < -0.3 is 24.4 Å². The van der Waals surface area contributed by atoms with Gasteiger partial charge in [0.2, 0.25) is 5.91 Å². The second kappa shape index (κ2) is 9.61. The number of fused-ring (bicyclic) bond motifs is 1. The van der Waals surface area contributed by atoms with Crippen molar-refractivity contribution in [2.45, 2.75) is 45.3 Å². The molecule has 7 nitrogen and oxygen atoms in total. The van der Waals surface area contributed by atoms with Crippen LogP contribution in [-0.2, 0) is 9.53 Å². The van der Waals surface area contributed by atoms with Crippen molar-refractivity contribution in [1.29, 1.82) is 0 Å². The molecule has 1 N–H and O–H groups in total. The van der Waals surface area contributed by atoms with Gasteiger partial charge in [-0.15, -0.1) is 0 Å². The van der Waals surface area contributed by atoms with Crippen LogP contribution in [0.25, 0.3) is 0 Å². The summed E-state index contributed by atoms with van der Waals surface area (Å²) in [6.45, 7) is 7.19. The number of carbonyl (C=O) groups is 2. The maximum absolute atomic E-state index is 12.8. The van der Waals surface area contributed by atoms with E-state index < -0.39 is 5.97 Å². The molecule has 0 aliphatic carbocycles. The first-order valence-electron chi connectivity index (χ1n) is 11.3. The van der Waals surface area contributed by atoms with Crippen molar-refractivity contribution in [1.82, 2.24) is 0 Å². The lowest BCUT2D eigenvalue weighted by molar-refractivity contribution is -0.119. The van der Waals surface area contributed by atoms with Crippen molar-refractivity contribution in [2.75, 3.05) is 36.1 Å². The highest BCUT2D eigenvalue weighted by Gasteiger charge is 2.35. The van der Waals surface area contributed by atoms with E-state index >= 15 is 0 Å². The van der Waals surface area contributed by atoms with Crippen LogP contribution in [0.15, 0.2) is 42.5 Å². The first kappa shape index (κ1) is 22.1. The average molecular weight is 439 g/mol. The predicted octanol–water partition coefficient (Wildman–Crippen LogP) is 4.27. The van der Waals surface area contributed by atoms with E-state index in [4.69, 9.17) is 9.47 Å². The number of aromatic carboxylic acids is 1. The molecular formula is C25H30N2O5. The van der Waals surface area contributed by atoms with E-state index in [0.717, 1.165) is 55.4 Å². The molecule has 2 atom stereocenters. The van der Waals surface area contributed by atoms with Gasteiger partial charge in [-0.05, 0) is 55.8 Å². The number of morpholine rings is 1. The van der Waals surface area contributed by atoms with Gasteiger partial charge in [0.25, 0.3) is 0 Å². The Bertz CT molecular complexity index is 969. The summed E-state index contributed by atoms with van der Waals surface area (Å²) in [5.74, 6) is -0.219. The molecule has 2 aromatic rings. The fraction of sp³-hybridized carbons (Fsp3) is 0.440. The van der Waals surface area contributed by atoms with E-state index in [1.165, 1.54) is 0 Å². The monoisotopic (exact) mass is 438 g/mol. The summed E-state index contributed by atoms with van der Waals surface area (Å²) in [5.41, 5.74) is 2.80. The van der Waals surface area contributed by atoms with E-state index in [2.05, 4.69) is 4.90 Å². The van der Waals surface area contributed by atoms with E-state index in [9.17, 15) is 14.7 Å². The lowest BCUT2D eigenvalue weighted by Crippen LogP contribution is -2.44. The lowest BCUT2D eigenvalue weighted by atomic mass is 9.91. The van der Waals surface area contributed by atoms with Gasteiger partial charge in [0.15, 0.2) is 0 Å². The third kappa shape index (κ3) is 4.58. The molecule has 0 bridgehead atoms. The molecule has 2 aliphatic rings. The molecule has 0 saturated carbocycles. The second-order valence-corrected chi connectivity index (χ2v) is 8.38. The molecule has 0 unspecified atom stereocenters. The van der Waals surface area contributed by atoms with Crippen molar-refractivity contribution in [2.24, 2.45) is 0 Å². The number of carboxylic acid groups (broad SMARTS) is 1. The smallest absolute Gasteiger partial charge is 0.335 e. The largest absolute Gasteiger partial charge is 0.486 e. The minimum atomic E-state index is -0.994. The van der Waals surface area contributed by atoms with Gasteiger partial charge in [-0.25, -0.2) is 4.79 Å². The molecule has 1 amide bonds. The zero-order valence-corrected chi connectivity index (χ0v) is 18.6. The number of anilines is 2. The highest BCUT2D eigenvalue weighted by molar-refractivity contribution is 5.96. The fourth-order valence-electron chi connectivity index (χ4n) is 4.49. The molecule has 1 fully saturated rings. The Morgan fingerprint density at radius 3 is 2.50 bits per heavy atom. The van der Waals surface area contributed by atoms with Crippen LogP contribution in [-0.4, -0.2) is 49.3 Å². The zero-order valence-electron chi connectivity index (χ0n) is 18.6. The van der Waals surface area contributed by atoms with Gasteiger partial charge >= 0.3 is 5.97 Å². The summed E-state index contributed by atoms with van der Waals surface area (Å²) in [7, 11) is 0. The van der Waals surface area contributed by atoms with Crippen LogP contribution in [0.4, 0.5) is 11.4 Å². The first-order chi connectivity index (χ1) is 15.5. The third-order valence-corrected chi connectivity index (χ3v) is 6.10. The molecule has 0 aromatic heterocycles. The van der Waals surface area contributed by atoms with Gasteiger partial charge in [-0.2, -0.15) is 0 Å². The normalized spacial score (nSPS) is 20.6. The van der Waals surface area contributed by atoms with Gasteiger partial charge in [0.05, 0.1) is 24.5 Å². The standard InChI is InChI=1S/C25H30N2O5/c1-3-4-24(28)27-17(2)15-23(21-16-18(25(29)30)5-10-22(21)27)32-20-8-6-19(7-9-20)26-11-13-31-14-12-26/h5-10,16-17,23H,3-4,11-15H2,1-2H3,(H,29,30)/t17-,23-/m0/s1. The molecule has 7 heteroatoms. The molecule has 170 valence electrons. The van der Waals surface area contributed by atoms with E-state index in [-0.39, 0.29) is 23.6 Å². The molecular weight excluding hydrogens is 408 g/mol. The molecule has 4 rings (SSSR count). The SMILES string of the molecule is CCCC(=O)N1c2ccc(C(=O)O)cc2[C@@H](Oc2ccc(N3CCOCC3)cc2)C[C@@H]1C. The van der Waals surface area contributed by atoms with Crippen LogP contribution >= 0.6 is 0 Å². The minimum absolute atomic E-state index is 0.0464. The summed E-state index contributed by atoms with van der Waals surface area (Å²) in [5, 5.41) is 9.49. The Morgan fingerprint density at radius 2 is 1.84 bits per heavy atom. The van der Waals surface area contributed by atoms with Crippen LogP contribution < -0.4 is 14.5 Å². The van der Waals surface area contributed by atoms with Crippen LogP contribution in [0.5, 0.6) is 5.75 Å². The van der Waals surface area contributed by atoms with Crippen molar-refractivity contribution < 1.29 is 24.2 Å². The molecule has 2 heterocycles. The molecule has 2 aromatic carbocycles. The van der Waals surface area contributed by atoms with Crippen molar-refractivity contribution in [3.05, 3.63) is 53.6 Å². The first-order valence-corrected chi connectivity index (χ1v) is 11.3. The van der Waals surface area contributed by atoms with Crippen LogP contribution in [0.1, 0.15) is 55.1 Å². The summed E-state index contributed by atoms with van der Waals surface area (Å²) in [6.07, 6.45) is 1.48.